The Labute approximate surface area is 90.0 Å². The van der Waals surface area contributed by atoms with Crippen LogP contribution in [0, 0.1) is 5.92 Å². The normalized spacial score (nSPS) is 13.5. The summed E-state index contributed by atoms with van der Waals surface area (Å²) in [4.78, 5) is 3.09. The zero-order chi connectivity index (χ0) is 10.6. The second-order valence-electron chi connectivity index (χ2n) is 3.81. The molecule has 0 amide bonds. The van der Waals surface area contributed by atoms with Crippen LogP contribution in [0.5, 0.6) is 0 Å². The number of halogens is 1. The van der Waals surface area contributed by atoms with Crippen molar-refractivity contribution in [2.45, 2.75) is 26.4 Å². The van der Waals surface area contributed by atoms with E-state index < -0.39 is 0 Å². The van der Waals surface area contributed by atoms with Crippen LogP contribution in [-0.4, -0.2) is 17.6 Å². The third-order valence-electron chi connectivity index (χ3n) is 2.32. The molecule has 0 saturated carbocycles. The smallest absolute Gasteiger partial charge is 0.0583 e. The molecule has 0 fully saturated rings. The van der Waals surface area contributed by atoms with E-state index in [-0.39, 0.29) is 0 Å². The van der Waals surface area contributed by atoms with E-state index >= 15 is 0 Å². The Kier molecular flexibility index (Phi) is 4.45. The Balaban J connectivity index is 2.39. The number of hydrogen-bond donors (Lipinski definition) is 3. The lowest BCUT2D eigenvalue weighted by molar-refractivity contribution is 0.403. The molecule has 1 rings (SSSR count). The number of aromatic nitrogens is 1. The standard InChI is InChI=1S/C10H18ClN3/c1-7(2)10(4-12)14-6-9-3-8(11)5-13-9/h3,5,7,10,13-14H,4,6,12H2,1-2H3. The summed E-state index contributed by atoms with van der Waals surface area (Å²) in [5, 5.41) is 4.13. The molecule has 0 aliphatic rings. The third-order valence-corrected chi connectivity index (χ3v) is 2.54. The van der Waals surface area contributed by atoms with Gasteiger partial charge in [0.15, 0.2) is 0 Å². The highest BCUT2D eigenvalue weighted by Crippen LogP contribution is 2.09. The van der Waals surface area contributed by atoms with E-state index in [9.17, 15) is 0 Å². The topological polar surface area (TPSA) is 53.8 Å². The van der Waals surface area contributed by atoms with Gasteiger partial charge in [0.2, 0.25) is 0 Å². The lowest BCUT2D eigenvalue weighted by Crippen LogP contribution is -2.39. The first-order chi connectivity index (χ1) is 6.63. The van der Waals surface area contributed by atoms with Crippen LogP contribution in [0.15, 0.2) is 12.3 Å². The summed E-state index contributed by atoms with van der Waals surface area (Å²) in [6.45, 7) is 5.76. The molecular weight excluding hydrogens is 198 g/mol. The molecule has 1 unspecified atom stereocenters. The van der Waals surface area contributed by atoms with Gasteiger partial charge in [-0.05, 0) is 12.0 Å². The van der Waals surface area contributed by atoms with Crippen molar-refractivity contribution in [3.8, 4) is 0 Å². The van der Waals surface area contributed by atoms with Crippen molar-refractivity contribution in [2.24, 2.45) is 11.7 Å². The van der Waals surface area contributed by atoms with Crippen LogP contribution >= 0.6 is 11.6 Å². The molecule has 0 aliphatic heterocycles. The van der Waals surface area contributed by atoms with E-state index in [1.54, 1.807) is 6.20 Å². The fourth-order valence-corrected chi connectivity index (χ4v) is 1.53. The van der Waals surface area contributed by atoms with Gasteiger partial charge in [-0.2, -0.15) is 0 Å². The maximum atomic E-state index is 5.79. The molecule has 80 valence electrons. The molecule has 0 spiro atoms. The number of nitrogens with one attached hydrogen (secondary N) is 2. The van der Waals surface area contributed by atoms with Gasteiger partial charge in [0.25, 0.3) is 0 Å². The van der Waals surface area contributed by atoms with E-state index in [1.807, 2.05) is 6.07 Å². The predicted octanol–water partition coefficient (Wildman–Crippen LogP) is 1.74. The highest BCUT2D eigenvalue weighted by Gasteiger charge is 2.10. The Morgan fingerprint density at radius 3 is 2.71 bits per heavy atom. The van der Waals surface area contributed by atoms with Gasteiger partial charge >= 0.3 is 0 Å². The Morgan fingerprint density at radius 2 is 2.29 bits per heavy atom. The Morgan fingerprint density at radius 1 is 1.57 bits per heavy atom. The highest BCUT2D eigenvalue weighted by atomic mass is 35.5. The zero-order valence-electron chi connectivity index (χ0n) is 8.68. The van der Waals surface area contributed by atoms with Gasteiger partial charge in [-0.1, -0.05) is 25.4 Å². The van der Waals surface area contributed by atoms with Crippen LogP contribution in [-0.2, 0) is 6.54 Å². The summed E-state index contributed by atoms with van der Waals surface area (Å²) in [5.41, 5.74) is 6.74. The minimum atomic E-state index is 0.358. The molecule has 0 aliphatic carbocycles. The molecule has 1 aromatic rings. The van der Waals surface area contributed by atoms with E-state index in [4.69, 9.17) is 17.3 Å². The minimum absolute atomic E-state index is 0.358. The van der Waals surface area contributed by atoms with Crippen molar-refractivity contribution in [3.05, 3.63) is 23.0 Å². The van der Waals surface area contributed by atoms with Crippen LogP contribution in [0.1, 0.15) is 19.5 Å². The molecule has 0 aromatic carbocycles. The van der Waals surface area contributed by atoms with E-state index in [0.29, 0.717) is 18.5 Å². The number of nitrogens with two attached hydrogens (primary N) is 1. The van der Waals surface area contributed by atoms with Crippen molar-refractivity contribution in [1.82, 2.24) is 10.3 Å². The van der Waals surface area contributed by atoms with Gasteiger partial charge in [0.1, 0.15) is 0 Å². The monoisotopic (exact) mass is 215 g/mol. The van der Waals surface area contributed by atoms with Gasteiger partial charge in [0, 0.05) is 31.0 Å². The van der Waals surface area contributed by atoms with Crippen molar-refractivity contribution in [3.63, 3.8) is 0 Å². The first kappa shape index (κ1) is 11.6. The van der Waals surface area contributed by atoms with Crippen LogP contribution in [0.3, 0.4) is 0 Å². The van der Waals surface area contributed by atoms with Gasteiger partial charge in [-0.25, -0.2) is 0 Å². The van der Waals surface area contributed by atoms with Crippen LogP contribution in [0.25, 0.3) is 0 Å². The Bertz CT molecular complexity index is 270. The fraction of sp³-hybridized carbons (Fsp3) is 0.600. The molecular formula is C10H18ClN3. The summed E-state index contributed by atoms with van der Waals surface area (Å²) < 4.78 is 0. The number of H-pyrrole nitrogens is 1. The third kappa shape index (κ3) is 3.33. The summed E-state index contributed by atoms with van der Waals surface area (Å²) in [7, 11) is 0. The first-order valence-electron chi connectivity index (χ1n) is 4.89. The molecule has 3 nitrogen and oxygen atoms in total. The van der Waals surface area contributed by atoms with Crippen molar-refractivity contribution < 1.29 is 0 Å². The fourth-order valence-electron chi connectivity index (χ4n) is 1.35. The van der Waals surface area contributed by atoms with Crippen LogP contribution < -0.4 is 11.1 Å². The van der Waals surface area contributed by atoms with Crippen molar-refractivity contribution in [1.29, 1.82) is 0 Å². The molecule has 0 radical (unpaired) electrons. The SMILES string of the molecule is CC(C)C(CN)NCc1cc(Cl)c[nH]1. The van der Waals surface area contributed by atoms with Crippen molar-refractivity contribution in [2.75, 3.05) is 6.54 Å². The second kappa shape index (κ2) is 5.39. The molecule has 1 aromatic heterocycles. The van der Waals surface area contributed by atoms with Gasteiger partial charge in [-0.15, -0.1) is 0 Å². The van der Waals surface area contributed by atoms with Gasteiger partial charge in [0.05, 0.1) is 5.02 Å². The average Bonchev–Trinajstić information content (AvgIpc) is 2.52. The second-order valence-corrected chi connectivity index (χ2v) is 4.25. The molecule has 0 bridgehead atoms. The molecule has 4 heteroatoms. The lowest BCUT2D eigenvalue weighted by Gasteiger charge is -2.19. The zero-order valence-corrected chi connectivity index (χ0v) is 9.43. The van der Waals surface area contributed by atoms with Crippen LogP contribution in [0.2, 0.25) is 5.02 Å². The highest BCUT2D eigenvalue weighted by molar-refractivity contribution is 6.30. The Hall–Kier alpha value is -0.510. The van der Waals surface area contributed by atoms with E-state index in [0.717, 1.165) is 17.3 Å². The summed E-state index contributed by atoms with van der Waals surface area (Å²) in [5.74, 6) is 0.547. The quantitative estimate of drug-likeness (QED) is 0.701. The van der Waals surface area contributed by atoms with Gasteiger partial charge in [-0.3, -0.25) is 0 Å². The molecule has 1 atom stereocenters. The molecule has 0 saturated heterocycles. The van der Waals surface area contributed by atoms with Crippen molar-refractivity contribution >= 4 is 11.6 Å². The average molecular weight is 216 g/mol. The lowest BCUT2D eigenvalue weighted by atomic mass is 10.0. The maximum absolute atomic E-state index is 5.79. The molecule has 4 N–H and O–H groups in total. The largest absolute Gasteiger partial charge is 0.363 e. The molecule has 14 heavy (non-hydrogen) atoms. The first-order valence-corrected chi connectivity index (χ1v) is 5.27. The molecule has 1 heterocycles. The number of hydrogen-bond acceptors (Lipinski definition) is 2. The van der Waals surface area contributed by atoms with E-state index in [1.165, 1.54) is 0 Å². The summed E-state index contributed by atoms with van der Waals surface area (Å²) >= 11 is 5.79. The summed E-state index contributed by atoms with van der Waals surface area (Å²) in [6.07, 6.45) is 1.78. The predicted molar refractivity (Wildman–Crippen MR) is 60.3 cm³/mol. The maximum Gasteiger partial charge on any atom is 0.0583 e. The van der Waals surface area contributed by atoms with E-state index in [2.05, 4.69) is 24.1 Å². The minimum Gasteiger partial charge on any atom is -0.363 e. The number of rotatable bonds is 5. The summed E-state index contributed by atoms with van der Waals surface area (Å²) in [6, 6.07) is 2.28. The van der Waals surface area contributed by atoms with Gasteiger partial charge < -0.3 is 16.0 Å². The number of aromatic amines is 1. The van der Waals surface area contributed by atoms with Crippen LogP contribution in [0.4, 0.5) is 0 Å².